The quantitative estimate of drug-likeness (QED) is 0.658. The molecule has 0 radical (unpaired) electrons. The fourth-order valence-corrected chi connectivity index (χ4v) is 5.35. The molecule has 2 aliphatic rings. The van der Waals surface area contributed by atoms with Gasteiger partial charge in [-0.15, -0.1) is 0 Å². The summed E-state index contributed by atoms with van der Waals surface area (Å²) in [5.74, 6) is 1.64. The van der Waals surface area contributed by atoms with Crippen LogP contribution in [0.4, 0.5) is 0 Å². The molecule has 2 aromatic carbocycles. The predicted octanol–water partition coefficient (Wildman–Crippen LogP) is 3.25. The first-order valence-electron chi connectivity index (χ1n) is 11.5. The summed E-state index contributed by atoms with van der Waals surface area (Å²) in [7, 11) is 1.59. The van der Waals surface area contributed by atoms with Crippen molar-refractivity contribution in [3.8, 4) is 11.8 Å². The summed E-state index contributed by atoms with van der Waals surface area (Å²) in [4.78, 5) is 30.4. The van der Waals surface area contributed by atoms with Gasteiger partial charge in [-0.2, -0.15) is 17.0 Å². The Labute approximate surface area is 205 Å². The summed E-state index contributed by atoms with van der Waals surface area (Å²) in [6, 6.07) is 16.6. The molecule has 2 fully saturated rings. The molecule has 8 heteroatoms. The van der Waals surface area contributed by atoms with Crippen molar-refractivity contribution < 1.29 is 14.3 Å². The number of nitrogens with zero attached hydrogens (tertiary/aromatic N) is 3. The molecule has 2 aliphatic heterocycles. The number of carbonyl (C=O) groups excluding carboxylic acids is 2. The predicted molar refractivity (Wildman–Crippen MR) is 132 cm³/mol. The third kappa shape index (κ3) is 4.91. The van der Waals surface area contributed by atoms with E-state index in [9.17, 15) is 14.9 Å². The van der Waals surface area contributed by atoms with Crippen LogP contribution in [0.3, 0.4) is 0 Å². The van der Waals surface area contributed by atoms with Crippen molar-refractivity contribution in [2.75, 3.05) is 32.2 Å². The van der Waals surface area contributed by atoms with Gasteiger partial charge < -0.3 is 14.5 Å². The number of methoxy groups -OCH3 is 1. The number of amides is 2. The Morgan fingerprint density at radius 1 is 1.24 bits per heavy atom. The van der Waals surface area contributed by atoms with Gasteiger partial charge in [0.05, 0.1) is 30.4 Å². The molecule has 34 heavy (non-hydrogen) atoms. The normalized spacial score (nSPS) is 19.3. The van der Waals surface area contributed by atoms with E-state index in [4.69, 9.17) is 4.74 Å². The third-order valence-corrected chi connectivity index (χ3v) is 7.37. The van der Waals surface area contributed by atoms with Crippen LogP contribution < -0.4 is 10.1 Å². The van der Waals surface area contributed by atoms with Crippen molar-refractivity contribution in [3.63, 3.8) is 0 Å². The second-order valence-electron chi connectivity index (χ2n) is 8.77. The van der Waals surface area contributed by atoms with E-state index in [0.717, 1.165) is 17.7 Å². The average Bonchev–Trinajstić information content (AvgIpc) is 3.13. The van der Waals surface area contributed by atoms with Crippen molar-refractivity contribution in [1.82, 2.24) is 15.1 Å². The van der Waals surface area contributed by atoms with Crippen molar-refractivity contribution in [2.45, 2.75) is 37.5 Å². The minimum atomic E-state index is -0.492. The highest BCUT2D eigenvalue weighted by Crippen LogP contribution is 2.35. The van der Waals surface area contributed by atoms with Crippen LogP contribution in [-0.2, 0) is 11.3 Å². The summed E-state index contributed by atoms with van der Waals surface area (Å²) in [5, 5.41) is 12.9. The molecule has 1 N–H and O–H groups in total. The number of hydrogen-bond donors (Lipinski definition) is 1. The van der Waals surface area contributed by atoms with Crippen LogP contribution in [0.1, 0.15) is 40.7 Å². The Hall–Kier alpha value is -3.02. The van der Waals surface area contributed by atoms with Gasteiger partial charge >= 0.3 is 0 Å². The Kier molecular flexibility index (Phi) is 7.44. The molecule has 2 saturated heterocycles. The number of nitrogens with one attached hydrogen (secondary N) is 1. The van der Waals surface area contributed by atoms with Crippen molar-refractivity contribution in [2.24, 2.45) is 0 Å². The smallest absolute Gasteiger partial charge is 0.253 e. The minimum absolute atomic E-state index is 0.0229. The lowest BCUT2D eigenvalue weighted by atomic mass is 9.94. The number of piperidine rings is 1. The Morgan fingerprint density at radius 3 is 2.71 bits per heavy atom. The first-order chi connectivity index (χ1) is 16.5. The van der Waals surface area contributed by atoms with Crippen LogP contribution in [0.2, 0.25) is 0 Å². The van der Waals surface area contributed by atoms with E-state index in [1.165, 1.54) is 0 Å². The SMILES string of the molecule is COc1cccc(C(=O)N2CCC3(CC2)NC(CCSC)C(=O)N3Cc2cccc(C#N)c2)c1. The molecule has 0 saturated carbocycles. The van der Waals surface area contributed by atoms with Gasteiger partial charge in [0.15, 0.2) is 0 Å². The zero-order valence-electron chi connectivity index (χ0n) is 19.6. The first kappa shape index (κ1) is 24.1. The Balaban J connectivity index is 1.53. The molecule has 0 bridgehead atoms. The van der Waals surface area contributed by atoms with E-state index in [1.54, 1.807) is 37.1 Å². The largest absolute Gasteiger partial charge is 0.497 e. The third-order valence-electron chi connectivity index (χ3n) is 6.73. The summed E-state index contributed by atoms with van der Waals surface area (Å²) in [6.45, 7) is 1.56. The molecule has 7 nitrogen and oxygen atoms in total. The molecule has 2 heterocycles. The number of carbonyl (C=O) groups is 2. The number of thioether (sulfide) groups is 1. The summed E-state index contributed by atoms with van der Waals surface area (Å²) in [5.41, 5.74) is 1.64. The lowest BCUT2D eigenvalue weighted by Crippen LogP contribution is -2.59. The fourth-order valence-electron chi connectivity index (χ4n) is 4.88. The fraction of sp³-hybridized carbons (Fsp3) is 0.423. The highest BCUT2D eigenvalue weighted by Gasteiger charge is 2.51. The van der Waals surface area contributed by atoms with Gasteiger partial charge in [-0.1, -0.05) is 18.2 Å². The van der Waals surface area contributed by atoms with Crippen LogP contribution in [-0.4, -0.2) is 65.5 Å². The van der Waals surface area contributed by atoms with Crippen molar-refractivity contribution in [3.05, 3.63) is 65.2 Å². The van der Waals surface area contributed by atoms with Gasteiger partial charge in [0.2, 0.25) is 5.91 Å². The zero-order valence-corrected chi connectivity index (χ0v) is 20.4. The molecule has 1 spiro atoms. The van der Waals surface area contributed by atoms with E-state index in [1.807, 2.05) is 46.4 Å². The number of ether oxygens (including phenoxy) is 1. The number of likely N-dealkylation sites (tertiary alicyclic amines) is 1. The summed E-state index contributed by atoms with van der Waals surface area (Å²) >= 11 is 1.73. The molecule has 4 rings (SSSR count). The number of benzene rings is 2. The van der Waals surface area contributed by atoms with Crippen LogP contribution in [0.5, 0.6) is 5.75 Å². The maximum Gasteiger partial charge on any atom is 0.253 e. The molecular formula is C26H30N4O3S. The lowest BCUT2D eigenvalue weighted by Gasteiger charge is -2.44. The van der Waals surface area contributed by atoms with Crippen LogP contribution in [0, 0.1) is 11.3 Å². The number of rotatable bonds is 7. The van der Waals surface area contributed by atoms with Crippen LogP contribution in [0.25, 0.3) is 0 Å². The van der Waals surface area contributed by atoms with Gasteiger partial charge in [0.25, 0.3) is 5.91 Å². The van der Waals surface area contributed by atoms with Crippen LogP contribution in [0.15, 0.2) is 48.5 Å². The van der Waals surface area contributed by atoms with Crippen LogP contribution >= 0.6 is 11.8 Å². The maximum absolute atomic E-state index is 13.4. The van der Waals surface area contributed by atoms with E-state index < -0.39 is 5.66 Å². The molecule has 1 atom stereocenters. The van der Waals surface area contributed by atoms with Gasteiger partial charge in [-0.25, -0.2) is 0 Å². The lowest BCUT2D eigenvalue weighted by molar-refractivity contribution is -0.134. The highest BCUT2D eigenvalue weighted by atomic mass is 32.2. The number of nitriles is 1. The molecular weight excluding hydrogens is 448 g/mol. The summed E-state index contributed by atoms with van der Waals surface area (Å²) in [6.07, 6.45) is 4.12. The monoisotopic (exact) mass is 478 g/mol. The maximum atomic E-state index is 13.4. The van der Waals surface area contributed by atoms with Crippen molar-refractivity contribution in [1.29, 1.82) is 5.26 Å². The van der Waals surface area contributed by atoms with Gasteiger partial charge in [0, 0.05) is 38.0 Å². The van der Waals surface area contributed by atoms with Gasteiger partial charge in [-0.05, 0) is 54.3 Å². The summed E-state index contributed by atoms with van der Waals surface area (Å²) < 4.78 is 5.26. The molecule has 2 amide bonds. The minimum Gasteiger partial charge on any atom is -0.497 e. The standard InChI is InChI=1S/C26H30N4O3S/c1-33-22-8-4-7-21(16-22)24(31)29-12-10-26(11-13-29)28-23(9-14-34-2)25(32)30(26)18-20-6-3-5-19(15-20)17-27/h3-8,15-16,23,28H,9-14,18H2,1-2H3. The second kappa shape index (κ2) is 10.5. The second-order valence-corrected chi connectivity index (χ2v) is 9.76. The Bertz CT molecular complexity index is 1090. The molecule has 0 aliphatic carbocycles. The zero-order chi connectivity index (χ0) is 24.1. The number of hydrogen-bond acceptors (Lipinski definition) is 6. The average molecular weight is 479 g/mol. The highest BCUT2D eigenvalue weighted by molar-refractivity contribution is 7.98. The first-order valence-corrected chi connectivity index (χ1v) is 12.9. The van der Waals surface area contributed by atoms with E-state index in [2.05, 4.69) is 11.4 Å². The van der Waals surface area contributed by atoms with E-state index in [0.29, 0.717) is 49.4 Å². The van der Waals surface area contributed by atoms with Crippen molar-refractivity contribution >= 4 is 23.6 Å². The van der Waals surface area contributed by atoms with E-state index >= 15 is 0 Å². The molecule has 1 unspecified atom stereocenters. The molecule has 178 valence electrons. The van der Waals surface area contributed by atoms with E-state index in [-0.39, 0.29) is 17.9 Å². The molecule has 2 aromatic rings. The topological polar surface area (TPSA) is 85.7 Å². The van der Waals surface area contributed by atoms with Gasteiger partial charge in [-0.3, -0.25) is 14.9 Å². The molecule has 0 aromatic heterocycles. The van der Waals surface area contributed by atoms with Gasteiger partial charge in [0.1, 0.15) is 5.75 Å². The Morgan fingerprint density at radius 2 is 2.00 bits per heavy atom.